The molecule has 2 rings (SSSR count). The lowest BCUT2D eigenvalue weighted by Gasteiger charge is -2.18. The molecule has 16 heavy (non-hydrogen) atoms. The highest BCUT2D eigenvalue weighted by molar-refractivity contribution is 9.09. The summed E-state index contributed by atoms with van der Waals surface area (Å²) in [6, 6.07) is 5.32. The van der Waals surface area contributed by atoms with E-state index in [1.165, 1.54) is 13.5 Å². The van der Waals surface area contributed by atoms with Gasteiger partial charge in [0, 0.05) is 4.83 Å². The van der Waals surface area contributed by atoms with E-state index in [9.17, 15) is 4.39 Å². The van der Waals surface area contributed by atoms with Crippen molar-refractivity contribution < 1.29 is 9.13 Å². The van der Waals surface area contributed by atoms with Crippen LogP contribution in [0.3, 0.4) is 0 Å². The Balaban J connectivity index is 2.25. The third kappa shape index (κ3) is 2.10. The maximum absolute atomic E-state index is 13.6. The van der Waals surface area contributed by atoms with E-state index >= 15 is 0 Å². The lowest BCUT2D eigenvalue weighted by molar-refractivity contribution is 0.385. The molecule has 1 fully saturated rings. The molecule has 0 radical (unpaired) electrons. The monoisotopic (exact) mass is 286 g/mol. The van der Waals surface area contributed by atoms with Crippen LogP contribution >= 0.6 is 15.9 Å². The fourth-order valence-corrected chi connectivity index (χ4v) is 3.13. The molecule has 0 spiro atoms. The van der Waals surface area contributed by atoms with Gasteiger partial charge >= 0.3 is 0 Å². The summed E-state index contributed by atoms with van der Waals surface area (Å²) >= 11 is 3.67. The Morgan fingerprint density at radius 2 is 2.12 bits per heavy atom. The van der Waals surface area contributed by atoms with Gasteiger partial charge in [0.15, 0.2) is 11.6 Å². The number of ether oxygens (including phenoxy) is 1. The van der Waals surface area contributed by atoms with Crippen molar-refractivity contribution >= 4 is 15.9 Å². The second-order valence-electron chi connectivity index (χ2n) is 4.45. The van der Waals surface area contributed by atoms with E-state index in [0.29, 0.717) is 22.4 Å². The van der Waals surface area contributed by atoms with Crippen LogP contribution < -0.4 is 4.74 Å². The van der Waals surface area contributed by atoms with Gasteiger partial charge in [0.25, 0.3) is 0 Å². The van der Waals surface area contributed by atoms with Crippen molar-refractivity contribution in [1.29, 1.82) is 0 Å². The molecule has 1 aliphatic rings. The Hall–Kier alpha value is -0.570. The quantitative estimate of drug-likeness (QED) is 0.744. The minimum atomic E-state index is -0.259. The van der Waals surface area contributed by atoms with Gasteiger partial charge in [-0.25, -0.2) is 4.39 Å². The van der Waals surface area contributed by atoms with Crippen LogP contribution in [0.25, 0.3) is 0 Å². The van der Waals surface area contributed by atoms with E-state index in [1.54, 1.807) is 12.1 Å². The molecule has 0 bridgehead atoms. The number of hydrogen-bond donors (Lipinski definition) is 0. The molecular weight excluding hydrogens is 271 g/mol. The summed E-state index contributed by atoms with van der Waals surface area (Å²) in [6.45, 7) is 2.22. The van der Waals surface area contributed by atoms with E-state index < -0.39 is 0 Å². The van der Waals surface area contributed by atoms with E-state index in [1.807, 2.05) is 6.07 Å². The van der Waals surface area contributed by atoms with Crippen LogP contribution in [0.4, 0.5) is 4.39 Å². The van der Waals surface area contributed by atoms with E-state index in [4.69, 9.17) is 4.74 Å². The largest absolute Gasteiger partial charge is 0.494 e. The van der Waals surface area contributed by atoms with Gasteiger partial charge in [-0.1, -0.05) is 28.9 Å². The minimum Gasteiger partial charge on any atom is -0.494 e. The average Bonchev–Trinajstić information content (AvgIpc) is 2.60. The van der Waals surface area contributed by atoms with E-state index in [0.717, 1.165) is 12.0 Å². The highest BCUT2D eigenvalue weighted by atomic mass is 79.9. The summed E-state index contributed by atoms with van der Waals surface area (Å²) in [7, 11) is 1.49. The summed E-state index contributed by atoms with van der Waals surface area (Å²) in [5, 5.41) is 0. The van der Waals surface area contributed by atoms with Gasteiger partial charge in [0.1, 0.15) is 0 Å². The normalized spacial score (nSPS) is 29.4. The lowest BCUT2D eigenvalue weighted by Crippen LogP contribution is -2.09. The highest BCUT2D eigenvalue weighted by Gasteiger charge is 2.32. The van der Waals surface area contributed by atoms with Crippen LogP contribution in [0.1, 0.15) is 31.2 Å². The van der Waals surface area contributed by atoms with Gasteiger partial charge < -0.3 is 4.74 Å². The second kappa shape index (κ2) is 4.74. The van der Waals surface area contributed by atoms with Crippen LogP contribution in [-0.2, 0) is 0 Å². The first-order chi connectivity index (χ1) is 7.63. The summed E-state index contributed by atoms with van der Waals surface area (Å²) in [5.41, 5.74) is 1.09. The Morgan fingerprint density at radius 3 is 2.62 bits per heavy atom. The first kappa shape index (κ1) is 11.9. The molecule has 3 unspecified atom stereocenters. The predicted octanol–water partition coefficient (Wildman–Crippen LogP) is 4.11. The second-order valence-corrected chi connectivity index (χ2v) is 5.63. The van der Waals surface area contributed by atoms with Crippen molar-refractivity contribution in [3.8, 4) is 5.75 Å². The molecule has 88 valence electrons. The molecule has 0 heterocycles. The van der Waals surface area contributed by atoms with Gasteiger partial charge in [0.05, 0.1) is 7.11 Å². The topological polar surface area (TPSA) is 9.23 Å². The molecule has 0 N–H and O–H groups in total. The number of benzene rings is 1. The van der Waals surface area contributed by atoms with Gasteiger partial charge in [-0.3, -0.25) is 0 Å². The van der Waals surface area contributed by atoms with E-state index in [-0.39, 0.29) is 5.82 Å². The first-order valence-corrected chi connectivity index (χ1v) is 6.52. The van der Waals surface area contributed by atoms with E-state index in [2.05, 4.69) is 22.9 Å². The molecule has 0 aliphatic heterocycles. The van der Waals surface area contributed by atoms with Crippen LogP contribution in [0.2, 0.25) is 0 Å². The van der Waals surface area contributed by atoms with Crippen molar-refractivity contribution in [1.82, 2.24) is 0 Å². The van der Waals surface area contributed by atoms with Crippen molar-refractivity contribution in [3.63, 3.8) is 0 Å². The third-order valence-electron chi connectivity index (χ3n) is 3.56. The Bertz CT molecular complexity index is 380. The summed E-state index contributed by atoms with van der Waals surface area (Å²) in [4.78, 5) is 0.558. The number of hydrogen-bond acceptors (Lipinski definition) is 1. The lowest BCUT2D eigenvalue weighted by atomic mass is 9.90. The van der Waals surface area contributed by atoms with Crippen LogP contribution in [0.5, 0.6) is 5.75 Å². The molecule has 1 saturated carbocycles. The third-order valence-corrected chi connectivity index (χ3v) is 4.85. The summed E-state index contributed by atoms with van der Waals surface area (Å²) < 4.78 is 18.5. The standard InChI is InChI=1S/C13H16BrFO/c1-8-10(4-5-11(8)14)9-3-6-13(16-2)12(15)7-9/h3,6-8,10-11H,4-5H2,1-2H3. The zero-order valence-corrected chi connectivity index (χ0v) is 11.1. The molecule has 0 saturated heterocycles. The first-order valence-electron chi connectivity index (χ1n) is 5.61. The number of rotatable bonds is 2. The van der Waals surface area contributed by atoms with Gasteiger partial charge in [-0.15, -0.1) is 0 Å². The van der Waals surface area contributed by atoms with Crippen molar-refractivity contribution in [2.75, 3.05) is 7.11 Å². The molecule has 3 heteroatoms. The maximum Gasteiger partial charge on any atom is 0.165 e. The Kier molecular flexibility index (Phi) is 3.53. The highest BCUT2D eigenvalue weighted by Crippen LogP contribution is 2.43. The average molecular weight is 287 g/mol. The number of methoxy groups -OCH3 is 1. The molecule has 1 nitrogen and oxygen atoms in total. The summed E-state index contributed by atoms with van der Waals surface area (Å²) in [6.07, 6.45) is 2.29. The zero-order chi connectivity index (χ0) is 11.7. The molecule has 1 aliphatic carbocycles. The van der Waals surface area contributed by atoms with Crippen molar-refractivity contribution in [2.24, 2.45) is 5.92 Å². The number of halogens is 2. The van der Waals surface area contributed by atoms with Crippen molar-refractivity contribution in [2.45, 2.75) is 30.5 Å². The minimum absolute atomic E-state index is 0.259. The van der Waals surface area contributed by atoms with Crippen LogP contribution in [0, 0.1) is 11.7 Å². The number of alkyl halides is 1. The molecule has 1 aromatic rings. The zero-order valence-electron chi connectivity index (χ0n) is 9.54. The van der Waals surface area contributed by atoms with Gasteiger partial charge in [-0.05, 0) is 42.4 Å². The Morgan fingerprint density at radius 1 is 1.38 bits per heavy atom. The predicted molar refractivity (Wildman–Crippen MR) is 66.8 cm³/mol. The summed E-state index contributed by atoms with van der Waals surface area (Å²) in [5.74, 6) is 1.09. The molecule has 0 aromatic heterocycles. The fourth-order valence-electron chi connectivity index (χ4n) is 2.50. The molecule has 3 atom stereocenters. The van der Waals surface area contributed by atoms with Gasteiger partial charge in [0.2, 0.25) is 0 Å². The molecular formula is C13H16BrFO. The Labute approximate surface area is 104 Å². The maximum atomic E-state index is 13.6. The fraction of sp³-hybridized carbons (Fsp3) is 0.538. The van der Waals surface area contributed by atoms with Crippen LogP contribution in [0.15, 0.2) is 18.2 Å². The smallest absolute Gasteiger partial charge is 0.165 e. The van der Waals surface area contributed by atoms with Crippen molar-refractivity contribution in [3.05, 3.63) is 29.6 Å². The SMILES string of the molecule is COc1ccc(C2CCC(Br)C2C)cc1F. The van der Waals surface area contributed by atoms with Crippen LogP contribution in [-0.4, -0.2) is 11.9 Å². The molecule has 0 amide bonds. The molecule has 1 aromatic carbocycles. The van der Waals surface area contributed by atoms with Gasteiger partial charge in [-0.2, -0.15) is 0 Å².